The molecule has 2 aromatic carbocycles. The van der Waals surface area contributed by atoms with E-state index in [4.69, 9.17) is 0 Å². The summed E-state index contributed by atoms with van der Waals surface area (Å²) in [7, 11) is 0. The van der Waals surface area contributed by atoms with Crippen molar-refractivity contribution in [3.8, 4) is 0 Å². The number of anilines is 1. The van der Waals surface area contributed by atoms with Gasteiger partial charge in [0.2, 0.25) is 0 Å². The monoisotopic (exact) mass is 291 g/mol. The maximum atomic E-state index is 3.51. The molecule has 80 valence electrons. The quantitative estimate of drug-likeness (QED) is 0.713. The maximum absolute atomic E-state index is 3.51. The zero-order chi connectivity index (χ0) is 11.0. The van der Waals surface area contributed by atoms with Gasteiger partial charge in [0.15, 0.2) is 0 Å². The minimum absolute atomic E-state index is 0.983. The van der Waals surface area contributed by atoms with E-state index < -0.39 is 0 Å². The lowest BCUT2D eigenvalue weighted by molar-refractivity contribution is 1.06. The average Bonchev–Trinajstić information content (AvgIpc) is 2.72. The number of hydrogen-bond acceptors (Lipinski definition) is 2. The predicted molar refractivity (Wildman–Crippen MR) is 72.6 cm³/mol. The summed E-state index contributed by atoms with van der Waals surface area (Å²) in [5.41, 5.74) is 2.66. The first-order chi connectivity index (χ1) is 7.83. The van der Waals surface area contributed by atoms with Gasteiger partial charge >= 0.3 is 0 Å². The molecule has 0 saturated carbocycles. The largest absolute Gasteiger partial charge is 0.308 e. The van der Waals surface area contributed by atoms with Gasteiger partial charge in [-0.15, -0.1) is 0 Å². The summed E-state index contributed by atoms with van der Waals surface area (Å²) in [6.45, 7) is 0.983. The Kier molecular flexibility index (Phi) is 2.65. The van der Waals surface area contributed by atoms with Gasteiger partial charge in [0.25, 0.3) is 0 Å². The third-order valence-electron chi connectivity index (χ3n) is 2.59. The van der Waals surface area contributed by atoms with Gasteiger partial charge in [-0.1, -0.05) is 40.2 Å². The highest BCUT2D eigenvalue weighted by Crippen LogP contribution is 2.39. The van der Waals surface area contributed by atoms with Crippen molar-refractivity contribution in [2.45, 2.75) is 11.4 Å². The van der Waals surface area contributed by atoms with Crippen LogP contribution in [0.4, 0.5) is 5.69 Å². The van der Waals surface area contributed by atoms with Crippen molar-refractivity contribution in [3.63, 3.8) is 0 Å². The Morgan fingerprint density at radius 1 is 1.06 bits per heavy atom. The van der Waals surface area contributed by atoms with Crippen molar-refractivity contribution in [2.24, 2.45) is 0 Å². The highest BCUT2D eigenvalue weighted by molar-refractivity contribution is 9.10. The topological polar surface area (TPSA) is 3.24 Å². The fourth-order valence-corrected chi connectivity index (χ4v) is 3.24. The van der Waals surface area contributed by atoms with Crippen LogP contribution in [0.25, 0.3) is 0 Å². The third-order valence-corrected chi connectivity index (χ3v) is 4.24. The summed E-state index contributed by atoms with van der Waals surface area (Å²) in [6, 6.07) is 17.0. The average molecular weight is 292 g/mol. The molecule has 0 unspecified atom stereocenters. The summed E-state index contributed by atoms with van der Waals surface area (Å²) < 4.78 is 3.44. The van der Waals surface area contributed by atoms with Crippen molar-refractivity contribution >= 4 is 33.6 Å². The maximum Gasteiger partial charge on any atom is 0.0561 e. The van der Waals surface area contributed by atoms with Crippen molar-refractivity contribution in [1.29, 1.82) is 0 Å². The predicted octanol–water partition coefficient (Wildman–Crippen LogP) is 4.48. The Labute approximate surface area is 108 Å². The van der Waals surface area contributed by atoms with E-state index in [0.717, 1.165) is 11.0 Å². The Hall–Kier alpha value is -0.930. The fraction of sp³-hybridized carbons (Fsp3) is 0.0769. The van der Waals surface area contributed by atoms with E-state index >= 15 is 0 Å². The van der Waals surface area contributed by atoms with E-state index in [1.807, 2.05) is 11.9 Å². The Morgan fingerprint density at radius 2 is 1.94 bits per heavy atom. The van der Waals surface area contributed by atoms with Crippen LogP contribution in [0.2, 0.25) is 0 Å². The lowest BCUT2D eigenvalue weighted by Gasteiger charge is -2.15. The first-order valence-electron chi connectivity index (χ1n) is 5.12. The SMILES string of the molecule is Brc1cccc(N2Cc3ccccc3S2)c1. The highest BCUT2D eigenvalue weighted by atomic mass is 79.9. The zero-order valence-corrected chi connectivity index (χ0v) is 11.0. The molecule has 1 aliphatic heterocycles. The van der Waals surface area contributed by atoms with Crippen LogP contribution in [0.5, 0.6) is 0 Å². The number of halogens is 1. The van der Waals surface area contributed by atoms with Crippen LogP contribution >= 0.6 is 27.9 Å². The van der Waals surface area contributed by atoms with Gasteiger partial charge in [0.05, 0.1) is 6.54 Å². The minimum Gasteiger partial charge on any atom is -0.308 e. The summed E-state index contributed by atoms with van der Waals surface area (Å²) >= 11 is 5.32. The molecule has 0 fully saturated rings. The number of rotatable bonds is 1. The minimum atomic E-state index is 0.983. The molecule has 16 heavy (non-hydrogen) atoms. The summed E-state index contributed by atoms with van der Waals surface area (Å²) in [6.07, 6.45) is 0. The normalized spacial score (nSPS) is 13.9. The summed E-state index contributed by atoms with van der Waals surface area (Å²) in [4.78, 5) is 1.36. The van der Waals surface area contributed by atoms with Crippen LogP contribution in [0, 0.1) is 0 Å². The van der Waals surface area contributed by atoms with E-state index in [1.54, 1.807) is 0 Å². The van der Waals surface area contributed by atoms with Gasteiger partial charge in [-0.25, -0.2) is 0 Å². The molecule has 1 nitrogen and oxygen atoms in total. The van der Waals surface area contributed by atoms with E-state index in [-0.39, 0.29) is 0 Å². The van der Waals surface area contributed by atoms with Crippen LogP contribution < -0.4 is 4.31 Å². The highest BCUT2D eigenvalue weighted by Gasteiger charge is 2.19. The number of benzene rings is 2. The molecule has 1 heterocycles. The molecule has 0 bridgehead atoms. The van der Waals surface area contributed by atoms with Crippen LogP contribution in [-0.4, -0.2) is 0 Å². The van der Waals surface area contributed by atoms with Crippen molar-refractivity contribution in [3.05, 3.63) is 58.6 Å². The second kappa shape index (κ2) is 4.15. The first-order valence-corrected chi connectivity index (χ1v) is 6.68. The van der Waals surface area contributed by atoms with Crippen LogP contribution in [0.1, 0.15) is 5.56 Å². The summed E-state index contributed by atoms with van der Waals surface area (Å²) in [5.74, 6) is 0. The third kappa shape index (κ3) is 1.85. The molecule has 1 aliphatic rings. The molecule has 0 N–H and O–H groups in total. The smallest absolute Gasteiger partial charge is 0.0561 e. The number of fused-ring (bicyclic) bond motifs is 1. The fourth-order valence-electron chi connectivity index (χ4n) is 1.80. The van der Waals surface area contributed by atoms with Gasteiger partial charge in [-0.3, -0.25) is 0 Å². The van der Waals surface area contributed by atoms with E-state index in [0.29, 0.717) is 0 Å². The molecule has 0 amide bonds. The molecule has 0 aromatic heterocycles. The Balaban J connectivity index is 1.91. The molecule has 0 aliphatic carbocycles. The molecular formula is C13H10BrNS. The van der Waals surface area contributed by atoms with Crippen LogP contribution in [-0.2, 0) is 6.54 Å². The van der Waals surface area contributed by atoms with E-state index in [1.165, 1.54) is 16.1 Å². The van der Waals surface area contributed by atoms with Crippen LogP contribution in [0.15, 0.2) is 57.9 Å². The van der Waals surface area contributed by atoms with Gasteiger partial charge in [0.1, 0.15) is 0 Å². The Morgan fingerprint density at radius 3 is 2.75 bits per heavy atom. The Bertz CT molecular complexity index is 502. The van der Waals surface area contributed by atoms with E-state index in [2.05, 4.69) is 68.8 Å². The number of nitrogens with zero attached hydrogens (tertiary/aromatic N) is 1. The lowest BCUT2D eigenvalue weighted by Crippen LogP contribution is -2.06. The zero-order valence-electron chi connectivity index (χ0n) is 8.56. The van der Waals surface area contributed by atoms with Crippen LogP contribution in [0.3, 0.4) is 0 Å². The molecule has 0 radical (unpaired) electrons. The first kappa shape index (κ1) is 10.2. The van der Waals surface area contributed by atoms with Crippen molar-refractivity contribution < 1.29 is 0 Å². The van der Waals surface area contributed by atoms with Gasteiger partial charge in [-0.2, -0.15) is 0 Å². The molecule has 0 spiro atoms. The second-order valence-corrected chi connectivity index (χ2v) is 5.69. The standard InChI is InChI=1S/C13H10BrNS/c14-11-5-3-6-12(8-11)15-9-10-4-1-2-7-13(10)16-15/h1-8H,9H2. The lowest BCUT2D eigenvalue weighted by atomic mass is 10.2. The van der Waals surface area contributed by atoms with Crippen molar-refractivity contribution in [2.75, 3.05) is 4.31 Å². The molecule has 0 saturated heterocycles. The van der Waals surface area contributed by atoms with Gasteiger partial charge < -0.3 is 4.31 Å². The molecule has 3 heteroatoms. The molecule has 0 atom stereocenters. The van der Waals surface area contributed by atoms with E-state index in [9.17, 15) is 0 Å². The number of hydrogen-bond donors (Lipinski definition) is 0. The van der Waals surface area contributed by atoms with Gasteiger partial charge in [0, 0.05) is 15.1 Å². The molecule has 3 rings (SSSR count). The van der Waals surface area contributed by atoms with Gasteiger partial charge in [-0.05, 0) is 41.8 Å². The second-order valence-electron chi connectivity index (χ2n) is 3.72. The van der Waals surface area contributed by atoms with Crippen molar-refractivity contribution in [1.82, 2.24) is 0 Å². The summed E-state index contributed by atoms with van der Waals surface area (Å²) in [5, 5.41) is 0. The molecule has 2 aromatic rings. The molecular weight excluding hydrogens is 282 g/mol.